The smallest absolute Gasteiger partial charge is 0.184 e. The van der Waals surface area contributed by atoms with Crippen molar-refractivity contribution in [1.82, 2.24) is 4.98 Å². The van der Waals surface area contributed by atoms with Crippen molar-refractivity contribution in [2.24, 2.45) is 0 Å². The molecule has 0 radical (unpaired) electrons. The number of nitrogens with zero attached hydrogens (tertiary/aromatic N) is 2. The predicted octanol–water partition coefficient (Wildman–Crippen LogP) is 1.50. The molecular weight excluding hydrogens is 218 g/mol. The van der Waals surface area contributed by atoms with Gasteiger partial charge in [-0.15, -0.1) is 0 Å². The molecule has 2 N–H and O–H groups in total. The van der Waals surface area contributed by atoms with E-state index in [0.717, 1.165) is 24.2 Å². The minimum absolute atomic E-state index is 0.192. The number of hydrogen-bond donors (Lipinski definition) is 1. The zero-order valence-electron chi connectivity index (χ0n) is 7.82. The van der Waals surface area contributed by atoms with Gasteiger partial charge in [0.25, 0.3) is 0 Å². The van der Waals surface area contributed by atoms with E-state index in [2.05, 4.69) is 4.98 Å². The number of nitriles is 1. The summed E-state index contributed by atoms with van der Waals surface area (Å²) in [6, 6.07) is 1.92. The van der Waals surface area contributed by atoms with Crippen molar-refractivity contribution in [2.75, 3.05) is 11.5 Å². The fraction of sp³-hybridized carbons (Fsp3) is 0.500. The van der Waals surface area contributed by atoms with Gasteiger partial charge in [0.2, 0.25) is 0 Å². The van der Waals surface area contributed by atoms with Crippen LogP contribution in [0.1, 0.15) is 24.6 Å². The van der Waals surface area contributed by atoms with Crippen LogP contribution < -0.4 is 5.73 Å². The van der Waals surface area contributed by atoms with E-state index in [4.69, 9.17) is 11.0 Å². The van der Waals surface area contributed by atoms with E-state index >= 15 is 0 Å². The molecule has 1 rings (SSSR count). The van der Waals surface area contributed by atoms with E-state index in [0.29, 0.717) is 15.0 Å². The Morgan fingerprint density at radius 1 is 1.71 bits per heavy atom. The first-order valence-electron chi connectivity index (χ1n) is 4.23. The predicted molar refractivity (Wildman–Crippen MR) is 57.4 cm³/mol. The first-order valence-corrected chi connectivity index (χ1v) is 6.37. The SMILES string of the molecule is CCCCS(=O)c1nc(N)c(C#N)s1. The van der Waals surface area contributed by atoms with Gasteiger partial charge in [0.1, 0.15) is 10.9 Å². The largest absolute Gasteiger partial charge is 0.382 e. The van der Waals surface area contributed by atoms with Crippen molar-refractivity contribution >= 4 is 28.0 Å². The van der Waals surface area contributed by atoms with E-state index in [-0.39, 0.29) is 5.82 Å². The molecule has 0 aliphatic rings. The second-order valence-corrected chi connectivity index (χ2v) is 5.45. The molecule has 0 saturated heterocycles. The highest BCUT2D eigenvalue weighted by atomic mass is 32.2. The van der Waals surface area contributed by atoms with Crippen molar-refractivity contribution in [3.63, 3.8) is 0 Å². The molecular formula is C8H11N3OS2. The van der Waals surface area contributed by atoms with Crippen LogP contribution in [-0.2, 0) is 10.8 Å². The molecule has 14 heavy (non-hydrogen) atoms. The molecule has 1 heterocycles. The Morgan fingerprint density at radius 2 is 2.43 bits per heavy atom. The number of rotatable bonds is 4. The molecule has 0 saturated carbocycles. The van der Waals surface area contributed by atoms with Gasteiger partial charge in [-0.05, 0) is 6.42 Å². The van der Waals surface area contributed by atoms with E-state index in [1.54, 1.807) is 0 Å². The zero-order chi connectivity index (χ0) is 10.6. The molecule has 1 aromatic heterocycles. The summed E-state index contributed by atoms with van der Waals surface area (Å²) in [7, 11) is -1.10. The lowest BCUT2D eigenvalue weighted by molar-refractivity contribution is 0.679. The molecule has 0 spiro atoms. The van der Waals surface area contributed by atoms with Crippen LogP contribution in [0.4, 0.5) is 5.82 Å². The van der Waals surface area contributed by atoms with Gasteiger partial charge in [-0.1, -0.05) is 24.7 Å². The first-order chi connectivity index (χ1) is 6.69. The van der Waals surface area contributed by atoms with Gasteiger partial charge in [-0.2, -0.15) is 5.26 Å². The highest BCUT2D eigenvalue weighted by Gasteiger charge is 2.12. The molecule has 0 aromatic carbocycles. The van der Waals surface area contributed by atoms with Crippen LogP contribution in [-0.4, -0.2) is 14.9 Å². The number of nitrogens with two attached hydrogens (primary N) is 1. The van der Waals surface area contributed by atoms with Crippen LogP contribution in [0.2, 0.25) is 0 Å². The number of hydrogen-bond acceptors (Lipinski definition) is 5. The molecule has 1 unspecified atom stereocenters. The summed E-state index contributed by atoms with van der Waals surface area (Å²) in [5, 5.41) is 8.63. The third kappa shape index (κ3) is 2.53. The topological polar surface area (TPSA) is 79.8 Å². The maximum atomic E-state index is 11.6. The van der Waals surface area contributed by atoms with Crippen molar-refractivity contribution in [1.29, 1.82) is 5.26 Å². The Bertz CT molecular complexity index is 380. The molecule has 4 nitrogen and oxygen atoms in total. The average Bonchev–Trinajstić information content (AvgIpc) is 2.56. The van der Waals surface area contributed by atoms with Crippen LogP contribution in [0.3, 0.4) is 0 Å². The number of anilines is 1. The van der Waals surface area contributed by atoms with Crippen LogP contribution in [0.5, 0.6) is 0 Å². The Kier molecular flexibility index (Phi) is 4.04. The molecule has 0 bridgehead atoms. The van der Waals surface area contributed by atoms with Gasteiger partial charge in [-0.25, -0.2) is 4.98 Å². The van der Waals surface area contributed by atoms with E-state index in [9.17, 15) is 4.21 Å². The fourth-order valence-electron chi connectivity index (χ4n) is 0.852. The third-order valence-electron chi connectivity index (χ3n) is 1.61. The lowest BCUT2D eigenvalue weighted by atomic mass is 10.4. The monoisotopic (exact) mass is 229 g/mol. The highest BCUT2D eigenvalue weighted by molar-refractivity contribution is 7.87. The van der Waals surface area contributed by atoms with Crippen LogP contribution in [0.25, 0.3) is 0 Å². The molecule has 1 atom stereocenters. The summed E-state index contributed by atoms with van der Waals surface area (Å²) in [4.78, 5) is 4.26. The first kappa shape index (κ1) is 11.1. The number of thiazole rings is 1. The van der Waals surface area contributed by atoms with Gasteiger partial charge < -0.3 is 5.73 Å². The molecule has 0 aliphatic carbocycles. The normalized spacial score (nSPS) is 12.3. The zero-order valence-corrected chi connectivity index (χ0v) is 9.45. The number of nitrogen functional groups attached to an aromatic ring is 1. The average molecular weight is 229 g/mol. The Labute approximate surface area is 89.2 Å². The summed E-state index contributed by atoms with van der Waals surface area (Å²) in [5.74, 6) is 0.784. The minimum Gasteiger partial charge on any atom is -0.382 e. The van der Waals surface area contributed by atoms with Crippen molar-refractivity contribution in [3.8, 4) is 6.07 Å². The standard InChI is InChI=1S/C8H11N3OS2/c1-2-3-4-14(12)8-11-7(10)6(5-9)13-8/h2-4,10H2,1H3. The van der Waals surface area contributed by atoms with Gasteiger partial charge in [-0.3, -0.25) is 4.21 Å². The lowest BCUT2D eigenvalue weighted by Crippen LogP contribution is -1.97. The number of aromatic nitrogens is 1. The summed E-state index contributed by atoms with van der Waals surface area (Å²) in [5.41, 5.74) is 5.46. The van der Waals surface area contributed by atoms with Crippen molar-refractivity contribution < 1.29 is 4.21 Å². The maximum Gasteiger partial charge on any atom is 0.184 e. The quantitative estimate of drug-likeness (QED) is 0.848. The second kappa shape index (κ2) is 5.08. The van der Waals surface area contributed by atoms with Crippen LogP contribution in [0.15, 0.2) is 4.34 Å². The second-order valence-electron chi connectivity index (χ2n) is 2.71. The van der Waals surface area contributed by atoms with Crippen LogP contribution >= 0.6 is 11.3 Å². The number of unbranched alkanes of at least 4 members (excludes halogenated alkanes) is 1. The van der Waals surface area contributed by atoms with E-state index in [1.165, 1.54) is 0 Å². The fourth-order valence-corrected chi connectivity index (χ4v) is 3.16. The third-order valence-corrected chi connectivity index (χ3v) is 4.33. The summed E-state index contributed by atoms with van der Waals surface area (Å²) < 4.78 is 12.0. The van der Waals surface area contributed by atoms with Crippen molar-refractivity contribution in [3.05, 3.63) is 4.88 Å². The molecule has 0 amide bonds. The molecule has 0 fully saturated rings. The molecule has 0 aliphatic heterocycles. The Morgan fingerprint density at radius 3 is 2.93 bits per heavy atom. The lowest BCUT2D eigenvalue weighted by Gasteiger charge is -1.94. The Hall–Kier alpha value is -0.930. The highest BCUT2D eigenvalue weighted by Crippen LogP contribution is 2.22. The summed E-state index contributed by atoms with van der Waals surface area (Å²) in [6.45, 7) is 2.04. The van der Waals surface area contributed by atoms with Gasteiger partial charge in [0.15, 0.2) is 10.2 Å². The Balaban J connectivity index is 2.77. The van der Waals surface area contributed by atoms with Gasteiger partial charge >= 0.3 is 0 Å². The molecule has 1 aromatic rings. The summed E-state index contributed by atoms with van der Waals surface area (Å²) in [6.07, 6.45) is 1.89. The summed E-state index contributed by atoms with van der Waals surface area (Å²) >= 11 is 1.12. The van der Waals surface area contributed by atoms with Gasteiger partial charge in [0, 0.05) is 5.75 Å². The van der Waals surface area contributed by atoms with Crippen LogP contribution in [0, 0.1) is 11.3 Å². The van der Waals surface area contributed by atoms with E-state index < -0.39 is 10.8 Å². The maximum absolute atomic E-state index is 11.6. The van der Waals surface area contributed by atoms with Crippen molar-refractivity contribution in [2.45, 2.75) is 24.1 Å². The van der Waals surface area contributed by atoms with E-state index in [1.807, 2.05) is 13.0 Å². The minimum atomic E-state index is -1.10. The molecule has 76 valence electrons. The molecule has 6 heteroatoms. The van der Waals surface area contributed by atoms with Gasteiger partial charge in [0.05, 0.1) is 10.8 Å².